The van der Waals surface area contributed by atoms with Gasteiger partial charge in [0.05, 0.1) is 19.8 Å². The maximum absolute atomic E-state index is 12.8. The Kier molecular flexibility index (Phi) is 38.3. The van der Waals surface area contributed by atoms with Gasteiger partial charge in [0.25, 0.3) is 15.6 Å². The molecule has 0 saturated carbocycles. The predicted octanol–water partition coefficient (Wildman–Crippen LogP) is 1.55. The van der Waals surface area contributed by atoms with E-state index in [1.165, 1.54) is 115 Å². The molecule has 4 N–H and O–H groups in total. The van der Waals surface area contributed by atoms with E-state index >= 15 is 0 Å². The summed E-state index contributed by atoms with van der Waals surface area (Å²) in [5, 5.41) is 20.8. The summed E-state index contributed by atoms with van der Waals surface area (Å²) < 4.78 is 56.3. The SMILES string of the molecule is CCCCCCCCCCCCCCCC(=O)OC(COCCCCCCCCCCCCCC)COP(=O)([O-])OP(=O)([O-])OC[C@H]1OC(n2ccc(N)nc2=O)[C@@H](O)[C@@H]1O.[Na+].[Na+]. The zero-order chi connectivity index (χ0) is 44.8. The molecule has 21 heteroatoms. The molecule has 356 valence electrons. The van der Waals surface area contributed by atoms with Crippen molar-refractivity contribution in [1.82, 2.24) is 9.55 Å². The van der Waals surface area contributed by atoms with Crippen LogP contribution in [0.4, 0.5) is 5.82 Å². The van der Waals surface area contributed by atoms with E-state index in [0.717, 1.165) is 55.7 Å². The number of aliphatic hydroxyl groups excluding tert-OH is 2. The van der Waals surface area contributed by atoms with Crippen molar-refractivity contribution < 1.29 is 121 Å². The van der Waals surface area contributed by atoms with Crippen LogP contribution >= 0.6 is 15.6 Å². The molecule has 0 radical (unpaired) electrons. The third kappa shape index (κ3) is 30.4. The van der Waals surface area contributed by atoms with E-state index in [2.05, 4.69) is 27.7 Å². The molecule has 2 rings (SSSR count). The van der Waals surface area contributed by atoms with Gasteiger partial charge in [-0.2, -0.15) is 4.98 Å². The van der Waals surface area contributed by atoms with Gasteiger partial charge in [-0.05, 0) is 18.9 Å². The van der Waals surface area contributed by atoms with Crippen LogP contribution in [0.25, 0.3) is 0 Å². The van der Waals surface area contributed by atoms with Crippen molar-refractivity contribution >= 4 is 27.4 Å². The molecule has 0 aromatic carbocycles. The molecule has 1 aromatic rings. The number of anilines is 1. The van der Waals surface area contributed by atoms with Crippen molar-refractivity contribution in [3.8, 4) is 0 Å². The van der Waals surface area contributed by atoms with Crippen LogP contribution in [0.15, 0.2) is 17.1 Å². The number of aliphatic hydroxyl groups is 2. The molecule has 2 heterocycles. The summed E-state index contributed by atoms with van der Waals surface area (Å²) in [6.45, 7) is 2.86. The molecule has 1 saturated heterocycles. The van der Waals surface area contributed by atoms with Crippen molar-refractivity contribution in [2.75, 3.05) is 32.2 Å². The van der Waals surface area contributed by atoms with Crippen molar-refractivity contribution in [3.63, 3.8) is 0 Å². The van der Waals surface area contributed by atoms with Crippen LogP contribution in [-0.4, -0.2) is 76.6 Å². The van der Waals surface area contributed by atoms with Gasteiger partial charge in [0.15, 0.2) is 6.23 Å². The zero-order valence-corrected chi connectivity index (χ0v) is 44.7. The third-order valence-electron chi connectivity index (χ3n) is 10.7. The number of carbonyl (C=O) groups excluding carboxylic acids is 1. The van der Waals surface area contributed by atoms with Gasteiger partial charge in [-0.15, -0.1) is 0 Å². The van der Waals surface area contributed by atoms with E-state index < -0.39 is 71.2 Å². The van der Waals surface area contributed by atoms with Crippen LogP contribution in [0.5, 0.6) is 0 Å². The van der Waals surface area contributed by atoms with E-state index in [1.807, 2.05) is 0 Å². The van der Waals surface area contributed by atoms with Crippen LogP contribution < -0.4 is 80.3 Å². The first-order chi connectivity index (χ1) is 29.3. The minimum absolute atomic E-state index is 0. The standard InChI is InChI=1S/C42H79N3O14P2.2Na/c1-3-5-7-9-11-13-15-17-18-20-22-24-26-28-38(46)57-35(32-54-31-27-25-23-21-19-16-14-12-10-8-6-4-2)33-55-60(50,51)59-61(52,53)56-34-36-39(47)40(48)41(58-36)45-30-29-37(43)44-42(45)49;;/h29-30,35-36,39-41,47-48H,3-28,31-34H2,1-2H3,(H,50,51)(H,52,53)(H2,43,44,49);;/q;2*+1/p-2/t35?,36-,39-,40+,41?;;/m1../s1. The van der Waals surface area contributed by atoms with Gasteiger partial charge >= 0.3 is 70.8 Å². The fourth-order valence-corrected chi connectivity index (χ4v) is 9.17. The number of hydrogen-bond acceptors (Lipinski definition) is 16. The van der Waals surface area contributed by atoms with Crippen LogP contribution in [0.3, 0.4) is 0 Å². The van der Waals surface area contributed by atoms with Crippen molar-refractivity contribution in [3.05, 3.63) is 22.7 Å². The monoisotopic (exact) mass is 955 g/mol. The molecular formula is C42H77N3Na2O14P2. The number of nitrogens with zero attached hydrogens (tertiary/aromatic N) is 2. The molecule has 0 bridgehead atoms. The molecule has 1 aliphatic heterocycles. The number of rotatable bonds is 39. The van der Waals surface area contributed by atoms with Crippen molar-refractivity contribution in [1.29, 1.82) is 0 Å². The van der Waals surface area contributed by atoms with E-state index in [9.17, 15) is 38.7 Å². The van der Waals surface area contributed by atoms with E-state index in [-0.39, 0.29) is 78.0 Å². The second kappa shape index (κ2) is 38.1. The number of phosphoric acid groups is 2. The van der Waals surface area contributed by atoms with Gasteiger partial charge in [0.1, 0.15) is 30.2 Å². The number of aromatic nitrogens is 2. The topological polar surface area (TPSA) is 254 Å². The Hall–Kier alpha value is 0.250. The summed E-state index contributed by atoms with van der Waals surface area (Å²) in [6, 6.07) is 1.25. The molecule has 1 fully saturated rings. The van der Waals surface area contributed by atoms with Crippen LogP contribution in [0.2, 0.25) is 0 Å². The largest absolute Gasteiger partial charge is 1.00 e. The summed E-state index contributed by atoms with van der Waals surface area (Å²) in [5.41, 5.74) is 4.57. The second-order valence-corrected chi connectivity index (χ2v) is 19.2. The molecule has 7 atom stereocenters. The van der Waals surface area contributed by atoms with Crippen molar-refractivity contribution in [2.45, 2.75) is 211 Å². The number of ether oxygens (including phenoxy) is 3. The molecule has 0 aliphatic carbocycles. The Morgan fingerprint density at radius 1 is 0.746 bits per heavy atom. The van der Waals surface area contributed by atoms with Gasteiger partial charge < -0.3 is 49.0 Å². The number of hydrogen-bond donors (Lipinski definition) is 3. The fourth-order valence-electron chi connectivity index (χ4n) is 7.13. The minimum atomic E-state index is -5.66. The number of nitrogens with two attached hydrogens (primary N) is 1. The van der Waals surface area contributed by atoms with Crippen LogP contribution in [-0.2, 0) is 41.5 Å². The van der Waals surface area contributed by atoms with Crippen LogP contribution in [0, 0.1) is 0 Å². The number of unbranched alkanes of at least 4 members (excludes halogenated alkanes) is 23. The molecule has 17 nitrogen and oxygen atoms in total. The third-order valence-corrected chi connectivity index (χ3v) is 13.2. The summed E-state index contributed by atoms with van der Waals surface area (Å²) in [6.07, 6.45) is 22.8. The van der Waals surface area contributed by atoms with Crippen LogP contribution in [0.1, 0.15) is 187 Å². The number of phosphoric ester groups is 2. The normalized spacial score (nSPS) is 19.7. The number of carbonyl (C=O) groups is 1. The maximum Gasteiger partial charge on any atom is 1.00 e. The van der Waals surface area contributed by atoms with E-state index in [4.69, 9.17) is 24.5 Å². The smallest absolute Gasteiger partial charge is 0.756 e. The summed E-state index contributed by atoms with van der Waals surface area (Å²) in [4.78, 5) is 53.6. The first-order valence-electron chi connectivity index (χ1n) is 23.0. The van der Waals surface area contributed by atoms with Gasteiger partial charge in [-0.3, -0.25) is 18.5 Å². The van der Waals surface area contributed by atoms with Gasteiger partial charge in [0, 0.05) is 19.2 Å². The quantitative estimate of drug-likeness (QED) is 0.0366. The fraction of sp³-hybridized carbons (Fsp3) is 0.881. The Morgan fingerprint density at radius 2 is 1.21 bits per heavy atom. The van der Waals surface area contributed by atoms with Gasteiger partial charge in [-0.1, -0.05) is 162 Å². The molecule has 1 aliphatic rings. The molecular weight excluding hydrogens is 878 g/mol. The molecule has 63 heavy (non-hydrogen) atoms. The molecule has 1 aromatic heterocycles. The Balaban J connectivity index is 0.0000192. The van der Waals surface area contributed by atoms with Gasteiger partial charge in [0.2, 0.25) is 0 Å². The number of nitrogen functional groups attached to an aromatic ring is 1. The average molecular weight is 956 g/mol. The molecule has 0 spiro atoms. The predicted molar refractivity (Wildman–Crippen MR) is 229 cm³/mol. The van der Waals surface area contributed by atoms with E-state index in [0.29, 0.717) is 13.0 Å². The second-order valence-electron chi connectivity index (χ2n) is 16.2. The van der Waals surface area contributed by atoms with E-state index in [1.54, 1.807) is 0 Å². The Labute approximate surface area is 420 Å². The Bertz CT molecular complexity index is 1470. The average Bonchev–Trinajstić information content (AvgIpc) is 3.49. The number of esters is 1. The zero-order valence-electron chi connectivity index (χ0n) is 38.9. The molecule has 0 amide bonds. The summed E-state index contributed by atoms with van der Waals surface area (Å²) in [5.74, 6) is -0.655. The van der Waals surface area contributed by atoms with Gasteiger partial charge in [-0.25, -0.2) is 9.11 Å². The first-order valence-corrected chi connectivity index (χ1v) is 26.0. The summed E-state index contributed by atoms with van der Waals surface area (Å²) in [7, 11) is -11.3. The summed E-state index contributed by atoms with van der Waals surface area (Å²) >= 11 is 0. The minimum Gasteiger partial charge on any atom is -0.756 e. The molecule has 4 unspecified atom stereocenters. The Morgan fingerprint density at radius 3 is 1.70 bits per heavy atom. The van der Waals surface area contributed by atoms with Crippen molar-refractivity contribution in [2.24, 2.45) is 0 Å². The first kappa shape index (κ1) is 63.2. The maximum atomic E-state index is 12.8.